The number of rotatable bonds is 3. The van der Waals surface area contributed by atoms with Crippen molar-refractivity contribution in [2.75, 3.05) is 0 Å². The van der Waals surface area contributed by atoms with Crippen molar-refractivity contribution in [3.63, 3.8) is 0 Å². The molecule has 0 N–H and O–H groups in total. The van der Waals surface area contributed by atoms with Crippen molar-refractivity contribution in [1.29, 1.82) is 0 Å². The molecule has 0 aromatic carbocycles. The molecular formula is C9H9Cl. The highest BCUT2D eigenvalue weighted by molar-refractivity contribution is 6.31. The Balaban J connectivity index is 2.58. The van der Waals surface area contributed by atoms with E-state index < -0.39 is 0 Å². The van der Waals surface area contributed by atoms with Crippen LogP contribution in [0.4, 0.5) is 0 Å². The molecule has 1 heteroatoms. The Kier molecular flexibility index (Phi) is 2.13. The van der Waals surface area contributed by atoms with E-state index in [1.165, 1.54) is 5.57 Å². The minimum absolute atomic E-state index is 0.651. The van der Waals surface area contributed by atoms with Crippen molar-refractivity contribution in [1.82, 2.24) is 0 Å². The van der Waals surface area contributed by atoms with Crippen LogP contribution >= 0.6 is 11.6 Å². The largest absolute Gasteiger partial charge is 0.0976 e. The van der Waals surface area contributed by atoms with Gasteiger partial charge in [-0.05, 0) is 23.6 Å². The molecule has 10 heavy (non-hydrogen) atoms. The van der Waals surface area contributed by atoms with E-state index in [0.717, 1.165) is 12.0 Å². The molecule has 52 valence electrons. The fourth-order valence-corrected chi connectivity index (χ4v) is 0.763. The second kappa shape index (κ2) is 2.89. The molecule has 0 spiro atoms. The summed E-state index contributed by atoms with van der Waals surface area (Å²) in [5, 5.41) is 0.651. The quantitative estimate of drug-likeness (QED) is 0.545. The predicted octanol–water partition coefficient (Wildman–Crippen LogP) is 3.18. The van der Waals surface area contributed by atoms with E-state index in [2.05, 4.69) is 19.2 Å². The molecule has 0 aromatic rings. The van der Waals surface area contributed by atoms with Crippen molar-refractivity contribution >= 4 is 11.6 Å². The lowest BCUT2D eigenvalue weighted by molar-refractivity contribution is 1.51. The van der Waals surface area contributed by atoms with Gasteiger partial charge in [-0.15, -0.1) is 0 Å². The van der Waals surface area contributed by atoms with Gasteiger partial charge >= 0.3 is 0 Å². The second-order valence-electron chi connectivity index (χ2n) is 2.19. The second-order valence-corrected chi connectivity index (χ2v) is 2.63. The maximum Gasteiger partial charge on any atom is 0.0405 e. The van der Waals surface area contributed by atoms with Crippen LogP contribution in [0.15, 0.2) is 47.6 Å². The molecule has 0 nitrogen and oxygen atoms in total. The standard InChI is InChI=1S/C9H9Cl/c1-3-9(10)6-7(2)8-4-5-8/h3-4,6H,1-2,5H2/b9-6+. The van der Waals surface area contributed by atoms with Crippen LogP contribution in [0.1, 0.15) is 6.42 Å². The zero-order valence-electron chi connectivity index (χ0n) is 5.73. The van der Waals surface area contributed by atoms with Gasteiger partial charge in [-0.2, -0.15) is 0 Å². The van der Waals surface area contributed by atoms with Gasteiger partial charge in [0.2, 0.25) is 0 Å². The maximum atomic E-state index is 5.69. The van der Waals surface area contributed by atoms with E-state index >= 15 is 0 Å². The minimum Gasteiger partial charge on any atom is -0.0976 e. The van der Waals surface area contributed by atoms with Crippen LogP contribution in [0.2, 0.25) is 0 Å². The monoisotopic (exact) mass is 152 g/mol. The molecule has 1 rings (SSSR count). The zero-order valence-corrected chi connectivity index (χ0v) is 6.49. The van der Waals surface area contributed by atoms with E-state index in [1.807, 2.05) is 6.08 Å². The third-order valence-corrected chi connectivity index (χ3v) is 1.59. The van der Waals surface area contributed by atoms with Crippen molar-refractivity contribution in [3.8, 4) is 0 Å². The summed E-state index contributed by atoms with van der Waals surface area (Å²) in [4.78, 5) is 0. The maximum absolute atomic E-state index is 5.69. The van der Waals surface area contributed by atoms with Gasteiger partial charge in [-0.25, -0.2) is 0 Å². The molecule has 1 aliphatic carbocycles. The normalized spacial score (nSPS) is 16.1. The van der Waals surface area contributed by atoms with Crippen molar-refractivity contribution in [2.45, 2.75) is 6.42 Å². The van der Waals surface area contributed by atoms with Crippen molar-refractivity contribution in [3.05, 3.63) is 47.6 Å². The summed E-state index contributed by atoms with van der Waals surface area (Å²) in [5.74, 6) is 0. The summed E-state index contributed by atoms with van der Waals surface area (Å²) in [5.41, 5.74) is 2.30. The molecule has 1 aliphatic rings. The smallest absolute Gasteiger partial charge is 0.0405 e. The Hall–Kier alpha value is -0.750. The molecule has 0 bridgehead atoms. The highest BCUT2D eigenvalue weighted by Crippen LogP contribution is 2.27. The van der Waals surface area contributed by atoms with Gasteiger partial charge < -0.3 is 0 Å². The number of hydrogen-bond donors (Lipinski definition) is 0. The van der Waals surface area contributed by atoms with Gasteiger partial charge in [0.1, 0.15) is 0 Å². The molecule has 0 aliphatic heterocycles. The molecule has 0 aromatic heterocycles. The average molecular weight is 153 g/mol. The minimum atomic E-state index is 0.651. The summed E-state index contributed by atoms with van der Waals surface area (Å²) < 4.78 is 0. The van der Waals surface area contributed by atoms with Crippen LogP contribution < -0.4 is 0 Å². The highest BCUT2D eigenvalue weighted by Gasteiger charge is 2.08. The summed E-state index contributed by atoms with van der Waals surface area (Å²) in [6.07, 6.45) is 6.62. The van der Waals surface area contributed by atoms with Crippen LogP contribution in [0.25, 0.3) is 0 Å². The van der Waals surface area contributed by atoms with Gasteiger partial charge in [0.25, 0.3) is 0 Å². The van der Waals surface area contributed by atoms with Crippen LogP contribution in [-0.4, -0.2) is 0 Å². The Morgan fingerprint density at radius 3 is 2.70 bits per heavy atom. The first kappa shape index (κ1) is 7.36. The topological polar surface area (TPSA) is 0 Å². The SMILES string of the molecule is C=C/C(Cl)=C\C(=C)C1=CC1. The summed E-state index contributed by atoms with van der Waals surface area (Å²) in [6.45, 7) is 7.36. The lowest BCUT2D eigenvalue weighted by Gasteiger charge is -1.90. The van der Waals surface area contributed by atoms with E-state index in [9.17, 15) is 0 Å². The fraction of sp³-hybridized carbons (Fsp3) is 0.111. The summed E-state index contributed by atoms with van der Waals surface area (Å²) >= 11 is 5.69. The molecule has 0 radical (unpaired) electrons. The molecule has 0 atom stereocenters. The molecule has 0 saturated carbocycles. The summed E-state index contributed by atoms with van der Waals surface area (Å²) in [7, 11) is 0. The van der Waals surface area contributed by atoms with Gasteiger partial charge in [0, 0.05) is 5.03 Å². The summed E-state index contributed by atoms with van der Waals surface area (Å²) in [6, 6.07) is 0. The lowest BCUT2D eigenvalue weighted by Crippen LogP contribution is -1.70. The molecule has 0 unspecified atom stereocenters. The Labute approximate surface area is 66.2 Å². The van der Waals surface area contributed by atoms with Gasteiger partial charge in [-0.1, -0.05) is 36.9 Å². The molecule has 0 saturated heterocycles. The Morgan fingerprint density at radius 2 is 2.30 bits per heavy atom. The van der Waals surface area contributed by atoms with Gasteiger partial charge in [0.05, 0.1) is 0 Å². The number of halogens is 1. The number of hydrogen-bond acceptors (Lipinski definition) is 0. The Bertz CT molecular complexity index is 231. The Morgan fingerprint density at radius 1 is 1.70 bits per heavy atom. The lowest BCUT2D eigenvalue weighted by atomic mass is 10.2. The van der Waals surface area contributed by atoms with E-state index in [4.69, 9.17) is 11.6 Å². The third kappa shape index (κ3) is 1.89. The average Bonchev–Trinajstić information content (AvgIpc) is 2.68. The van der Waals surface area contributed by atoms with Crippen molar-refractivity contribution < 1.29 is 0 Å². The van der Waals surface area contributed by atoms with Crippen LogP contribution in [-0.2, 0) is 0 Å². The fourth-order valence-electron chi connectivity index (χ4n) is 0.631. The van der Waals surface area contributed by atoms with E-state index in [0.29, 0.717) is 5.03 Å². The molecule has 0 amide bonds. The first-order chi connectivity index (χ1) is 4.74. The predicted molar refractivity (Wildman–Crippen MR) is 46.0 cm³/mol. The van der Waals surface area contributed by atoms with E-state index in [1.54, 1.807) is 6.08 Å². The first-order valence-corrected chi connectivity index (χ1v) is 3.50. The van der Waals surface area contributed by atoms with Crippen LogP contribution in [0.5, 0.6) is 0 Å². The number of allylic oxidation sites excluding steroid dienone is 6. The molecule has 0 fully saturated rings. The zero-order chi connectivity index (χ0) is 7.56. The third-order valence-electron chi connectivity index (χ3n) is 1.33. The van der Waals surface area contributed by atoms with Crippen LogP contribution in [0.3, 0.4) is 0 Å². The van der Waals surface area contributed by atoms with Crippen LogP contribution in [0, 0.1) is 0 Å². The highest BCUT2D eigenvalue weighted by atomic mass is 35.5. The molecular weight excluding hydrogens is 144 g/mol. The molecule has 0 heterocycles. The van der Waals surface area contributed by atoms with Gasteiger partial charge in [-0.3, -0.25) is 0 Å². The van der Waals surface area contributed by atoms with E-state index in [-0.39, 0.29) is 0 Å². The van der Waals surface area contributed by atoms with Gasteiger partial charge in [0.15, 0.2) is 0 Å². The van der Waals surface area contributed by atoms with Crippen molar-refractivity contribution in [2.24, 2.45) is 0 Å². The first-order valence-electron chi connectivity index (χ1n) is 3.12.